The maximum Gasteiger partial charge on any atom is 0.239 e. The monoisotopic (exact) mass is 185 g/mol. The summed E-state index contributed by atoms with van der Waals surface area (Å²) in [5.41, 5.74) is 5.54. The van der Waals surface area contributed by atoms with Crippen LogP contribution in [0.25, 0.3) is 0 Å². The fraction of sp³-hybridized carbons (Fsp3) is 0.889. The first-order valence-corrected chi connectivity index (χ1v) is 4.86. The highest BCUT2D eigenvalue weighted by atomic mass is 16.2. The van der Waals surface area contributed by atoms with Crippen LogP contribution in [-0.2, 0) is 4.79 Å². The molecule has 76 valence electrons. The van der Waals surface area contributed by atoms with Crippen LogP contribution >= 0.6 is 0 Å². The van der Waals surface area contributed by atoms with Gasteiger partial charge in [0.25, 0.3) is 0 Å². The van der Waals surface area contributed by atoms with Gasteiger partial charge in [0.15, 0.2) is 0 Å². The summed E-state index contributed by atoms with van der Waals surface area (Å²) >= 11 is 0. The molecule has 0 saturated carbocycles. The summed E-state index contributed by atoms with van der Waals surface area (Å²) in [5, 5.41) is 3.19. The third-order valence-electron chi connectivity index (χ3n) is 2.53. The minimum atomic E-state index is -0.365. The molecule has 0 aromatic heterocycles. The molecular formula is C9H19N3O. The molecule has 1 unspecified atom stereocenters. The molecule has 0 aromatic carbocycles. The second kappa shape index (κ2) is 4.58. The minimum absolute atomic E-state index is 0.0694. The summed E-state index contributed by atoms with van der Waals surface area (Å²) < 4.78 is 0. The van der Waals surface area contributed by atoms with E-state index in [1.165, 1.54) is 0 Å². The van der Waals surface area contributed by atoms with Crippen LogP contribution < -0.4 is 11.1 Å². The number of hydrogen-bond donors (Lipinski definition) is 2. The molecule has 1 amide bonds. The summed E-state index contributed by atoms with van der Waals surface area (Å²) in [5.74, 6) is 0.0694. The maximum absolute atomic E-state index is 11.5. The van der Waals surface area contributed by atoms with E-state index < -0.39 is 0 Å². The summed E-state index contributed by atoms with van der Waals surface area (Å²) in [6.45, 7) is 3.40. The van der Waals surface area contributed by atoms with Gasteiger partial charge < -0.3 is 16.0 Å². The molecule has 13 heavy (non-hydrogen) atoms. The zero-order chi connectivity index (χ0) is 9.84. The van der Waals surface area contributed by atoms with Gasteiger partial charge in [-0.3, -0.25) is 4.79 Å². The van der Waals surface area contributed by atoms with Gasteiger partial charge in [-0.1, -0.05) is 0 Å². The van der Waals surface area contributed by atoms with Crippen LogP contribution in [0.4, 0.5) is 0 Å². The van der Waals surface area contributed by atoms with Crippen LogP contribution in [0, 0.1) is 0 Å². The molecule has 1 heterocycles. The van der Waals surface area contributed by atoms with Gasteiger partial charge in [-0.2, -0.15) is 0 Å². The van der Waals surface area contributed by atoms with Gasteiger partial charge in [0.1, 0.15) is 0 Å². The molecule has 0 aliphatic carbocycles. The predicted octanol–water partition coefficient (Wildman–Crippen LogP) is -0.456. The zero-order valence-corrected chi connectivity index (χ0v) is 8.42. The van der Waals surface area contributed by atoms with Crippen molar-refractivity contribution in [1.82, 2.24) is 10.2 Å². The Hall–Kier alpha value is -0.610. The van der Waals surface area contributed by atoms with E-state index in [4.69, 9.17) is 5.73 Å². The number of likely N-dealkylation sites (N-methyl/N-ethyl adjacent to an activating group) is 1. The van der Waals surface area contributed by atoms with Crippen molar-refractivity contribution in [2.24, 2.45) is 5.73 Å². The average molecular weight is 185 g/mol. The number of amides is 1. The zero-order valence-electron chi connectivity index (χ0n) is 8.42. The van der Waals surface area contributed by atoms with E-state index in [0.717, 1.165) is 25.9 Å². The summed E-state index contributed by atoms with van der Waals surface area (Å²) in [6, 6.07) is 0.0760. The van der Waals surface area contributed by atoms with Crippen molar-refractivity contribution in [1.29, 1.82) is 0 Å². The first-order chi connectivity index (χ1) is 6.15. The van der Waals surface area contributed by atoms with Gasteiger partial charge in [0.05, 0.1) is 6.04 Å². The largest absolute Gasteiger partial charge is 0.340 e. The molecule has 2 atom stereocenters. The molecule has 1 fully saturated rings. The Morgan fingerprint density at radius 3 is 2.92 bits per heavy atom. The lowest BCUT2D eigenvalue weighted by molar-refractivity contribution is -0.133. The normalized spacial score (nSPS) is 25.8. The molecular weight excluding hydrogens is 166 g/mol. The molecule has 0 spiro atoms. The van der Waals surface area contributed by atoms with Crippen LogP contribution in [0.2, 0.25) is 0 Å². The third-order valence-corrected chi connectivity index (χ3v) is 2.53. The number of piperidine rings is 1. The van der Waals surface area contributed by atoms with Gasteiger partial charge in [-0.05, 0) is 26.8 Å². The van der Waals surface area contributed by atoms with E-state index in [0.29, 0.717) is 6.04 Å². The van der Waals surface area contributed by atoms with Crippen molar-refractivity contribution in [3.8, 4) is 0 Å². The summed E-state index contributed by atoms with van der Waals surface area (Å²) in [6.07, 6.45) is 2.23. The van der Waals surface area contributed by atoms with Gasteiger partial charge in [-0.15, -0.1) is 0 Å². The van der Waals surface area contributed by atoms with Gasteiger partial charge in [0, 0.05) is 19.1 Å². The van der Waals surface area contributed by atoms with Crippen molar-refractivity contribution in [3.05, 3.63) is 0 Å². The van der Waals surface area contributed by atoms with Crippen molar-refractivity contribution in [2.45, 2.75) is 31.8 Å². The molecule has 1 aliphatic heterocycles. The lowest BCUT2D eigenvalue weighted by atomic mass is 10.1. The SMILES string of the molecule is CNC1CCCN(C(=O)[C@H](C)N)C1. The Bertz CT molecular complexity index is 182. The van der Waals surface area contributed by atoms with Crippen LogP contribution in [0.5, 0.6) is 0 Å². The average Bonchev–Trinajstić information content (AvgIpc) is 2.16. The predicted molar refractivity (Wildman–Crippen MR) is 52.3 cm³/mol. The number of hydrogen-bond acceptors (Lipinski definition) is 3. The molecule has 0 radical (unpaired) electrons. The lowest BCUT2D eigenvalue weighted by Crippen LogP contribution is -2.51. The lowest BCUT2D eigenvalue weighted by Gasteiger charge is -2.33. The summed E-state index contributed by atoms with van der Waals surface area (Å²) in [7, 11) is 1.94. The van der Waals surface area contributed by atoms with Crippen molar-refractivity contribution >= 4 is 5.91 Å². The van der Waals surface area contributed by atoms with Crippen LogP contribution in [0.15, 0.2) is 0 Å². The molecule has 1 rings (SSSR count). The Labute approximate surface area is 79.5 Å². The van der Waals surface area contributed by atoms with E-state index in [9.17, 15) is 4.79 Å². The first kappa shape index (κ1) is 10.5. The second-order valence-electron chi connectivity index (χ2n) is 3.70. The number of rotatable bonds is 2. The molecule has 3 N–H and O–H groups in total. The Morgan fingerprint density at radius 1 is 1.69 bits per heavy atom. The topological polar surface area (TPSA) is 58.4 Å². The molecule has 4 nitrogen and oxygen atoms in total. The smallest absolute Gasteiger partial charge is 0.239 e. The number of likely N-dealkylation sites (tertiary alicyclic amines) is 1. The van der Waals surface area contributed by atoms with E-state index in [2.05, 4.69) is 5.32 Å². The highest BCUT2D eigenvalue weighted by Gasteiger charge is 2.23. The van der Waals surface area contributed by atoms with E-state index in [1.54, 1.807) is 6.92 Å². The Morgan fingerprint density at radius 2 is 2.38 bits per heavy atom. The molecule has 1 saturated heterocycles. The number of carbonyl (C=O) groups excluding carboxylic acids is 1. The number of carbonyl (C=O) groups is 1. The number of nitrogens with zero attached hydrogens (tertiary/aromatic N) is 1. The molecule has 4 heteroatoms. The standard InChI is InChI=1S/C9H19N3O/c1-7(10)9(13)12-5-3-4-8(6-12)11-2/h7-8,11H,3-6,10H2,1-2H3/t7-,8?/m0/s1. The molecule has 1 aliphatic rings. The highest BCUT2D eigenvalue weighted by molar-refractivity contribution is 5.81. The van der Waals surface area contributed by atoms with Gasteiger partial charge >= 0.3 is 0 Å². The third kappa shape index (κ3) is 2.67. The Balaban J connectivity index is 2.46. The number of nitrogens with two attached hydrogens (primary N) is 1. The highest BCUT2D eigenvalue weighted by Crippen LogP contribution is 2.10. The fourth-order valence-corrected chi connectivity index (χ4v) is 1.70. The van der Waals surface area contributed by atoms with Crippen molar-refractivity contribution in [2.75, 3.05) is 20.1 Å². The quantitative estimate of drug-likeness (QED) is 0.612. The van der Waals surface area contributed by atoms with Crippen molar-refractivity contribution < 1.29 is 4.79 Å². The van der Waals surface area contributed by atoms with E-state index in [1.807, 2.05) is 11.9 Å². The van der Waals surface area contributed by atoms with Gasteiger partial charge in [0.2, 0.25) is 5.91 Å². The van der Waals surface area contributed by atoms with E-state index >= 15 is 0 Å². The second-order valence-corrected chi connectivity index (χ2v) is 3.70. The first-order valence-electron chi connectivity index (χ1n) is 4.86. The van der Waals surface area contributed by atoms with Crippen molar-refractivity contribution in [3.63, 3.8) is 0 Å². The van der Waals surface area contributed by atoms with Crippen LogP contribution in [0.3, 0.4) is 0 Å². The minimum Gasteiger partial charge on any atom is -0.340 e. The molecule has 0 aromatic rings. The maximum atomic E-state index is 11.5. The molecule has 0 bridgehead atoms. The fourth-order valence-electron chi connectivity index (χ4n) is 1.70. The number of nitrogens with one attached hydrogen (secondary N) is 1. The Kier molecular flexibility index (Phi) is 3.69. The van der Waals surface area contributed by atoms with E-state index in [-0.39, 0.29) is 11.9 Å². The van der Waals surface area contributed by atoms with Crippen LogP contribution in [0.1, 0.15) is 19.8 Å². The van der Waals surface area contributed by atoms with Crippen LogP contribution in [-0.4, -0.2) is 43.0 Å². The van der Waals surface area contributed by atoms with Gasteiger partial charge in [-0.25, -0.2) is 0 Å². The summed E-state index contributed by atoms with van der Waals surface area (Å²) in [4.78, 5) is 13.4.